The predicted molar refractivity (Wildman–Crippen MR) is 98.5 cm³/mol. The Morgan fingerprint density at radius 3 is 2.54 bits per heavy atom. The highest BCUT2D eigenvalue weighted by Crippen LogP contribution is 2.31. The predicted octanol–water partition coefficient (Wildman–Crippen LogP) is 3.11. The van der Waals surface area contributed by atoms with E-state index < -0.39 is 5.79 Å². The van der Waals surface area contributed by atoms with Crippen LogP contribution in [0.1, 0.15) is 28.9 Å². The topological polar surface area (TPSA) is 63.7 Å². The first kappa shape index (κ1) is 17.0. The van der Waals surface area contributed by atoms with Crippen molar-refractivity contribution in [2.24, 2.45) is 0 Å². The van der Waals surface area contributed by atoms with Gasteiger partial charge in [0.2, 0.25) is 0 Å². The number of nitrogens with one attached hydrogen (secondary N) is 1. The molecule has 136 valence electrons. The number of carbonyl (C=O) groups excluding carboxylic acids is 1. The average Bonchev–Trinajstić information content (AvgIpc) is 3.11. The van der Waals surface area contributed by atoms with E-state index in [0.717, 1.165) is 11.4 Å². The number of amides is 1. The summed E-state index contributed by atoms with van der Waals surface area (Å²) < 4.78 is 11.4. The Kier molecular flexibility index (Phi) is 4.61. The third kappa shape index (κ3) is 3.57. The van der Waals surface area contributed by atoms with Crippen molar-refractivity contribution in [3.8, 4) is 0 Å². The van der Waals surface area contributed by atoms with Crippen LogP contribution in [0.15, 0.2) is 42.6 Å². The summed E-state index contributed by atoms with van der Waals surface area (Å²) in [7, 11) is 0. The van der Waals surface area contributed by atoms with Gasteiger partial charge >= 0.3 is 0 Å². The second-order valence-corrected chi connectivity index (χ2v) is 6.83. The molecular formula is C20H23N3O3. The number of piperidine rings is 1. The van der Waals surface area contributed by atoms with Gasteiger partial charge in [-0.15, -0.1) is 0 Å². The molecule has 3 heterocycles. The summed E-state index contributed by atoms with van der Waals surface area (Å²) >= 11 is 0. The van der Waals surface area contributed by atoms with Crippen molar-refractivity contribution in [1.82, 2.24) is 9.88 Å². The second kappa shape index (κ2) is 7.05. The van der Waals surface area contributed by atoms with Crippen molar-refractivity contribution >= 4 is 17.3 Å². The third-order valence-corrected chi connectivity index (χ3v) is 4.92. The normalized spacial score (nSPS) is 18.9. The summed E-state index contributed by atoms with van der Waals surface area (Å²) in [4.78, 5) is 18.8. The van der Waals surface area contributed by atoms with Gasteiger partial charge in [-0.25, -0.2) is 4.98 Å². The van der Waals surface area contributed by atoms with Crippen molar-refractivity contribution in [2.45, 2.75) is 25.6 Å². The van der Waals surface area contributed by atoms with Crippen LogP contribution in [0.3, 0.4) is 0 Å². The molecule has 2 aromatic rings. The number of ether oxygens (including phenoxy) is 2. The largest absolute Gasteiger partial charge is 0.354 e. The number of rotatable bonds is 3. The van der Waals surface area contributed by atoms with E-state index in [1.54, 1.807) is 12.3 Å². The molecule has 1 N–H and O–H groups in total. The van der Waals surface area contributed by atoms with Crippen LogP contribution in [-0.4, -0.2) is 47.9 Å². The lowest BCUT2D eigenvalue weighted by molar-refractivity contribution is -0.181. The molecule has 2 fully saturated rings. The van der Waals surface area contributed by atoms with Gasteiger partial charge in [0.15, 0.2) is 5.79 Å². The fourth-order valence-corrected chi connectivity index (χ4v) is 3.48. The summed E-state index contributed by atoms with van der Waals surface area (Å²) in [5, 5.41) is 3.30. The number of aryl methyl sites for hydroxylation is 1. The number of likely N-dealkylation sites (tertiary alicyclic amines) is 1. The molecule has 0 bridgehead atoms. The summed E-state index contributed by atoms with van der Waals surface area (Å²) in [6, 6.07) is 11.8. The van der Waals surface area contributed by atoms with E-state index in [0.29, 0.717) is 44.8 Å². The first-order chi connectivity index (χ1) is 12.6. The number of pyridine rings is 1. The van der Waals surface area contributed by atoms with E-state index in [2.05, 4.69) is 29.4 Å². The molecule has 1 spiro atoms. The first-order valence-electron chi connectivity index (χ1n) is 9.01. The molecule has 2 aliphatic heterocycles. The van der Waals surface area contributed by atoms with Crippen molar-refractivity contribution in [1.29, 1.82) is 0 Å². The van der Waals surface area contributed by atoms with E-state index in [1.165, 1.54) is 5.56 Å². The number of nitrogens with zero attached hydrogens (tertiary/aromatic N) is 2. The number of anilines is 2. The van der Waals surface area contributed by atoms with Crippen molar-refractivity contribution < 1.29 is 14.3 Å². The molecule has 1 amide bonds. The number of hydrogen-bond acceptors (Lipinski definition) is 5. The molecule has 0 radical (unpaired) electrons. The zero-order chi connectivity index (χ0) is 18.0. The van der Waals surface area contributed by atoms with Crippen molar-refractivity contribution in [3.63, 3.8) is 0 Å². The summed E-state index contributed by atoms with van der Waals surface area (Å²) in [6.07, 6.45) is 3.13. The van der Waals surface area contributed by atoms with Gasteiger partial charge in [-0.2, -0.15) is 0 Å². The first-order valence-corrected chi connectivity index (χ1v) is 9.01. The minimum absolute atomic E-state index is 0.0417. The highest BCUT2D eigenvalue weighted by molar-refractivity contribution is 5.92. The molecule has 0 aliphatic carbocycles. The minimum atomic E-state index is -0.466. The fraction of sp³-hybridized carbons (Fsp3) is 0.400. The van der Waals surface area contributed by atoms with E-state index in [1.807, 2.05) is 23.1 Å². The lowest BCUT2D eigenvalue weighted by Gasteiger charge is -2.37. The third-order valence-electron chi connectivity index (χ3n) is 4.92. The standard InChI is InChI=1S/C20H23N3O3/c1-15-3-2-4-16(13-15)22-17-5-6-18(21-14-17)19(24)23-9-7-20(8-10-23)25-11-12-26-20/h2-6,13-14,22H,7-12H2,1H3. The Morgan fingerprint density at radius 2 is 1.88 bits per heavy atom. The summed E-state index contributed by atoms with van der Waals surface area (Å²) in [5.74, 6) is -0.508. The van der Waals surface area contributed by atoms with Crippen LogP contribution in [-0.2, 0) is 9.47 Å². The van der Waals surface area contributed by atoms with Crippen LogP contribution < -0.4 is 5.32 Å². The zero-order valence-electron chi connectivity index (χ0n) is 14.9. The lowest BCUT2D eigenvalue weighted by Crippen LogP contribution is -2.47. The molecule has 1 aromatic carbocycles. The Morgan fingerprint density at radius 1 is 1.12 bits per heavy atom. The van der Waals surface area contributed by atoms with Gasteiger partial charge in [0.05, 0.1) is 25.1 Å². The molecular weight excluding hydrogens is 330 g/mol. The number of hydrogen-bond donors (Lipinski definition) is 1. The monoisotopic (exact) mass is 353 g/mol. The van der Waals surface area contributed by atoms with Crippen molar-refractivity contribution in [2.75, 3.05) is 31.6 Å². The number of carbonyl (C=O) groups is 1. The summed E-state index contributed by atoms with van der Waals surface area (Å²) in [6.45, 7) is 4.60. The molecule has 0 saturated carbocycles. The molecule has 0 atom stereocenters. The maximum Gasteiger partial charge on any atom is 0.272 e. The zero-order valence-corrected chi connectivity index (χ0v) is 14.9. The van der Waals surface area contributed by atoms with Crippen LogP contribution >= 0.6 is 0 Å². The van der Waals surface area contributed by atoms with Crippen molar-refractivity contribution in [3.05, 3.63) is 53.9 Å². The quantitative estimate of drug-likeness (QED) is 0.919. The Hall–Kier alpha value is -2.44. The van der Waals surface area contributed by atoms with Gasteiger partial charge in [-0.3, -0.25) is 4.79 Å². The van der Waals surface area contributed by atoms with Gasteiger partial charge < -0.3 is 19.7 Å². The van der Waals surface area contributed by atoms with Gasteiger partial charge in [0, 0.05) is 31.6 Å². The lowest BCUT2D eigenvalue weighted by atomic mass is 10.0. The van der Waals surface area contributed by atoms with Gasteiger partial charge in [-0.1, -0.05) is 12.1 Å². The number of aromatic nitrogens is 1. The van der Waals surface area contributed by atoms with E-state index in [9.17, 15) is 4.79 Å². The van der Waals surface area contributed by atoms with Gasteiger partial charge in [-0.05, 0) is 36.8 Å². The maximum atomic E-state index is 12.7. The molecule has 4 rings (SSSR count). The second-order valence-electron chi connectivity index (χ2n) is 6.83. The molecule has 1 aromatic heterocycles. The van der Waals surface area contributed by atoms with E-state index in [-0.39, 0.29) is 5.91 Å². The highest BCUT2D eigenvalue weighted by atomic mass is 16.7. The maximum absolute atomic E-state index is 12.7. The molecule has 6 nitrogen and oxygen atoms in total. The van der Waals surface area contributed by atoms with Crippen LogP contribution in [0.2, 0.25) is 0 Å². The molecule has 2 aliphatic rings. The van der Waals surface area contributed by atoms with Crippen LogP contribution in [0.4, 0.5) is 11.4 Å². The van der Waals surface area contributed by atoms with Gasteiger partial charge in [0.25, 0.3) is 5.91 Å². The van der Waals surface area contributed by atoms with E-state index >= 15 is 0 Å². The Bertz CT molecular complexity index is 775. The molecule has 26 heavy (non-hydrogen) atoms. The molecule has 0 unspecified atom stereocenters. The Labute approximate surface area is 153 Å². The smallest absolute Gasteiger partial charge is 0.272 e. The summed E-state index contributed by atoms with van der Waals surface area (Å²) in [5.41, 5.74) is 3.51. The molecule has 6 heteroatoms. The number of benzene rings is 1. The molecule has 2 saturated heterocycles. The fourth-order valence-electron chi connectivity index (χ4n) is 3.48. The Balaban J connectivity index is 1.38. The van der Waals surface area contributed by atoms with Crippen LogP contribution in [0.5, 0.6) is 0 Å². The van der Waals surface area contributed by atoms with Crippen LogP contribution in [0.25, 0.3) is 0 Å². The minimum Gasteiger partial charge on any atom is -0.354 e. The SMILES string of the molecule is Cc1cccc(Nc2ccc(C(=O)N3CCC4(CC3)OCCO4)nc2)c1. The highest BCUT2D eigenvalue weighted by Gasteiger charge is 2.40. The van der Waals surface area contributed by atoms with Crippen LogP contribution in [0, 0.1) is 6.92 Å². The average molecular weight is 353 g/mol. The van der Waals surface area contributed by atoms with Gasteiger partial charge in [0.1, 0.15) is 5.69 Å². The van der Waals surface area contributed by atoms with E-state index in [4.69, 9.17) is 9.47 Å².